The molecule has 9 heteroatoms. The number of hydrogen-bond acceptors (Lipinski definition) is 4. The van der Waals surface area contributed by atoms with E-state index >= 15 is 0 Å². The van der Waals surface area contributed by atoms with Crippen LogP contribution in [0, 0.1) is 0 Å². The van der Waals surface area contributed by atoms with E-state index in [-0.39, 0.29) is 17.4 Å². The van der Waals surface area contributed by atoms with Gasteiger partial charge in [-0.05, 0) is 77.4 Å². The Bertz CT molecular complexity index is 1830. The predicted octanol–water partition coefficient (Wildman–Crippen LogP) is 8.80. The van der Waals surface area contributed by atoms with Gasteiger partial charge in [0.1, 0.15) is 5.70 Å². The van der Waals surface area contributed by atoms with Crippen molar-refractivity contribution in [3.05, 3.63) is 154 Å². The Balaban J connectivity index is 1.26. The zero-order valence-electron chi connectivity index (χ0n) is 23.8. The van der Waals surface area contributed by atoms with Crippen LogP contribution in [-0.4, -0.2) is 23.5 Å². The predicted molar refractivity (Wildman–Crippen MR) is 185 cm³/mol. The highest BCUT2D eigenvalue weighted by Gasteiger charge is 2.15. The number of amides is 3. The van der Waals surface area contributed by atoms with Crippen LogP contribution >= 0.6 is 35.0 Å². The Morgan fingerprint density at radius 2 is 1.33 bits per heavy atom. The molecular formula is C36H27Cl2N3O3S. The summed E-state index contributed by atoms with van der Waals surface area (Å²) in [7, 11) is 0. The van der Waals surface area contributed by atoms with Crippen molar-refractivity contribution in [1.29, 1.82) is 0 Å². The van der Waals surface area contributed by atoms with Gasteiger partial charge in [0.2, 0.25) is 5.91 Å². The summed E-state index contributed by atoms with van der Waals surface area (Å²) in [5.74, 6) is -0.968. The van der Waals surface area contributed by atoms with Gasteiger partial charge in [0.25, 0.3) is 11.8 Å². The molecule has 0 unspecified atom stereocenters. The molecule has 224 valence electrons. The molecule has 0 bridgehead atoms. The monoisotopic (exact) mass is 651 g/mol. The average Bonchev–Trinajstić information content (AvgIpc) is 3.07. The molecule has 3 N–H and O–H groups in total. The van der Waals surface area contributed by atoms with Gasteiger partial charge in [0.15, 0.2) is 0 Å². The van der Waals surface area contributed by atoms with Crippen molar-refractivity contribution in [2.45, 2.75) is 4.90 Å². The molecule has 0 aliphatic carbocycles. The van der Waals surface area contributed by atoms with Crippen LogP contribution in [0.3, 0.4) is 0 Å². The van der Waals surface area contributed by atoms with Gasteiger partial charge in [-0.2, -0.15) is 0 Å². The molecule has 5 aromatic rings. The third-order valence-electron chi connectivity index (χ3n) is 6.54. The first kappa shape index (κ1) is 31.6. The number of benzene rings is 5. The molecule has 0 aliphatic rings. The highest BCUT2D eigenvalue weighted by atomic mass is 35.5. The molecule has 0 radical (unpaired) electrons. The molecule has 0 spiro atoms. The quantitative estimate of drug-likeness (QED) is 0.104. The van der Waals surface area contributed by atoms with Gasteiger partial charge < -0.3 is 16.0 Å². The van der Waals surface area contributed by atoms with Gasteiger partial charge >= 0.3 is 0 Å². The summed E-state index contributed by atoms with van der Waals surface area (Å²) in [6, 6.07) is 38.3. The fourth-order valence-corrected chi connectivity index (χ4v) is 5.31. The number of carbonyl (C=O) groups excluding carboxylic acids is 3. The number of thioether (sulfide) groups is 1. The van der Waals surface area contributed by atoms with Crippen molar-refractivity contribution < 1.29 is 14.4 Å². The van der Waals surface area contributed by atoms with Crippen LogP contribution < -0.4 is 16.0 Å². The van der Waals surface area contributed by atoms with Crippen molar-refractivity contribution in [2.75, 3.05) is 16.4 Å². The maximum atomic E-state index is 13.4. The minimum atomic E-state index is -0.482. The van der Waals surface area contributed by atoms with E-state index < -0.39 is 11.8 Å². The minimum absolute atomic E-state index is 0.0890. The van der Waals surface area contributed by atoms with Crippen LogP contribution in [0.4, 0.5) is 11.4 Å². The number of hydrogen-bond donors (Lipinski definition) is 3. The van der Waals surface area contributed by atoms with E-state index in [2.05, 4.69) is 16.0 Å². The van der Waals surface area contributed by atoms with E-state index in [1.807, 2.05) is 60.7 Å². The zero-order chi connectivity index (χ0) is 31.6. The van der Waals surface area contributed by atoms with Crippen LogP contribution in [-0.2, 0) is 9.59 Å². The molecule has 6 nitrogen and oxygen atoms in total. The van der Waals surface area contributed by atoms with Gasteiger partial charge in [-0.1, -0.05) is 96.0 Å². The third-order valence-corrected chi connectivity index (χ3v) is 8.12. The topological polar surface area (TPSA) is 87.3 Å². The number of halogens is 2. The maximum Gasteiger partial charge on any atom is 0.272 e. The molecular weight excluding hydrogens is 625 g/mol. The lowest BCUT2D eigenvalue weighted by molar-refractivity contribution is -0.114. The maximum absolute atomic E-state index is 13.4. The second-order valence-electron chi connectivity index (χ2n) is 9.81. The normalized spacial score (nSPS) is 11.0. The fraction of sp³-hybridized carbons (Fsp3) is 0.0278. The second kappa shape index (κ2) is 15.3. The summed E-state index contributed by atoms with van der Waals surface area (Å²) in [5, 5.41) is 9.24. The number of rotatable bonds is 10. The first-order chi connectivity index (χ1) is 21.8. The number of nitrogens with one attached hydrogen (secondary N) is 3. The Kier molecular flexibility index (Phi) is 10.7. The highest BCUT2D eigenvalue weighted by molar-refractivity contribution is 8.00. The number of carbonyl (C=O) groups is 3. The van der Waals surface area contributed by atoms with Crippen LogP contribution in [0.5, 0.6) is 0 Å². The smallest absolute Gasteiger partial charge is 0.272 e. The van der Waals surface area contributed by atoms with Crippen molar-refractivity contribution in [1.82, 2.24) is 5.32 Å². The first-order valence-electron chi connectivity index (χ1n) is 13.9. The van der Waals surface area contributed by atoms with Gasteiger partial charge in [-0.15, -0.1) is 11.8 Å². The fourth-order valence-electron chi connectivity index (χ4n) is 4.27. The Morgan fingerprint density at radius 1 is 0.689 bits per heavy atom. The van der Waals surface area contributed by atoms with Crippen LogP contribution in [0.2, 0.25) is 10.0 Å². The second-order valence-corrected chi connectivity index (χ2v) is 11.7. The van der Waals surface area contributed by atoms with Gasteiger partial charge in [0.05, 0.1) is 16.5 Å². The zero-order valence-corrected chi connectivity index (χ0v) is 26.1. The van der Waals surface area contributed by atoms with Gasteiger partial charge in [-0.25, -0.2) is 0 Å². The van der Waals surface area contributed by atoms with Crippen LogP contribution in [0.15, 0.2) is 138 Å². The Morgan fingerprint density at radius 3 is 2.02 bits per heavy atom. The van der Waals surface area contributed by atoms with Crippen molar-refractivity contribution in [3.63, 3.8) is 0 Å². The molecule has 0 fully saturated rings. The van der Waals surface area contributed by atoms with Crippen LogP contribution in [0.25, 0.3) is 17.2 Å². The summed E-state index contributed by atoms with van der Waals surface area (Å²) in [4.78, 5) is 39.7. The molecule has 0 saturated carbocycles. The summed E-state index contributed by atoms with van der Waals surface area (Å²) in [5.41, 5.74) is 4.36. The van der Waals surface area contributed by atoms with E-state index in [1.54, 1.807) is 72.8 Å². The van der Waals surface area contributed by atoms with E-state index in [0.29, 0.717) is 27.0 Å². The Labute approximate surface area is 275 Å². The molecule has 0 heterocycles. The summed E-state index contributed by atoms with van der Waals surface area (Å²) in [6.45, 7) is 0. The summed E-state index contributed by atoms with van der Waals surface area (Å²) < 4.78 is 0. The summed E-state index contributed by atoms with van der Waals surface area (Å²) in [6.07, 6.45) is 1.64. The van der Waals surface area contributed by atoms with E-state index in [9.17, 15) is 14.4 Å². The minimum Gasteiger partial charge on any atom is -0.324 e. The average molecular weight is 653 g/mol. The molecule has 0 aromatic heterocycles. The lowest BCUT2D eigenvalue weighted by Gasteiger charge is -2.12. The van der Waals surface area contributed by atoms with Crippen molar-refractivity contribution >= 4 is 70.1 Å². The lowest BCUT2D eigenvalue weighted by atomic mass is 10.0. The highest BCUT2D eigenvalue weighted by Crippen LogP contribution is 2.27. The molecule has 5 aromatic carbocycles. The molecule has 0 atom stereocenters. The Hall–Kier alpha value is -4.82. The summed E-state index contributed by atoms with van der Waals surface area (Å²) >= 11 is 13.5. The van der Waals surface area contributed by atoms with Gasteiger partial charge in [0, 0.05) is 21.2 Å². The van der Waals surface area contributed by atoms with E-state index in [4.69, 9.17) is 23.2 Å². The third kappa shape index (κ3) is 9.09. The SMILES string of the molecule is O=C(CSc1ccc(NC(=O)/C(=C/c2ccc(-c3ccccc3)cc2)NC(=O)c2ccccc2)cc1)Nc1cc(Cl)ccc1Cl. The molecule has 5 rings (SSSR count). The molecule has 0 aliphatic heterocycles. The van der Waals surface area contributed by atoms with Crippen molar-refractivity contribution in [3.8, 4) is 11.1 Å². The largest absolute Gasteiger partial charge is 0.324 e. The van der Waals surface area contributed by atoms with E-state index in [0.717, 1.165) is 21.6 Å². The van der Waals surface area contributed by atoms with E-state index in [1.165, 1.54) is 11.8 Å². The van der Waals surface area contributed by atoms with Crippen LogP contribution in [0.1, 0.15) is 15.9 Å². The first-order valence-corrected chi connectivity index (χ1v) is 15.6. The van der Waals surface area contributed by atoms with Crippen molar-refractivity contribution in [2.24, 2.45) is 0 Å². The number of anilines is 2. The molecule has 0 saturated heterocycles. The van der Waals surface area contributed by atoms with Gasteiger partial charge in [-0.3, -0.25) is 14.4 Å². The standard InChI is InChI=1S/C36H27Cl2N3O3S/c37-28-15-20-31(38)32(22-28)40-34(42)23-45-30-18-16-29(17-19-30)39-36(44)33(41-35(43)27-9-5-2-6-10-27)21-24-11-13-26(14-12-24)25-7-3-1-4-8-25/h1-22H,23H2,(H,39,44)(H,40,42)(H,41,43)/b33-21-. The molecule has 3 amide bonds. The lowest BCUT2D eigenvalue weighted by Crippen LogP contribution is -2.30. The molecule has 45 heavy (non-hydrogen) atoms.